The van der Waals surface area contributed by atoms with Gasteiger partial charge in [-0.25, -0.2) is 0 Å². The largest absolute Gasteiger partial charge is 0.481 e. The third-order valence-electron chi connectivity index (χ3n) is 7.22. The maximum atomic E-state index is 12.8. The molecule has 0 amide bonds. The van der Waals surface area contributed by atoms with E-state index in [9.17, 15) is 9.90 Å². The van der Waals surface area contributed by atoms with Gasteiger partial charge in [0.1, 0.15) is 0 Å². The van der Waals surface area contributed by atoms with E-state index in [0.717, 1.165) is 38.5 Å². The number of carboxylic acid groups (broad SMARTS) is 1. The Morgan fingerprint density at radius 2 is 0.933 bits per heavy atom. The highest BCUT2D eigenvalue weighted by Crippen LogP contribution is 2.44. The molecule has 0 heterocycles. The Hall–Kier alpha value is -0.530. The molecule has 0 saturated carbocycles. The monoisotopic (exact) mass is 424 g/mol. The van der Waals surface area contributed by atoms with E-state index < -0.39 is 11.4 Å². The fourth-order valence-corrected chi connectivity index (χ4v) is 5.15. The van der Waals surface area contributed by atoms with Gasteiger partial charge in [0.05, 0.1) is 5.41 Å². The van der Waals surface area contributed by atoms with Crippen LogP contribution in [0, 0.1) is 11.3 Å². The van der Waals surface area contributed by atoms with Crippen molar-refractivity contribution in [1.29, 1.82) is 0 Å². The number of hydrogen-bond acceptors (Lipinski definition) is 1. The SMILES string of the molecule is CCCCCCCCC(CCCCCC)(C(=O)O)C(CCCC)CCCCCCC. The summed E-state index contributed by atoms with van der Waals surface area (Å²) in [7, 11) is 0. The first-order valence-electron chi connectivity index (χ1n) is 13.8. The van der Waals surface area contributed by atoms with Gasteiger partial charge in [0.2, 0.25) is 0 Å². The van der Waals surface area contributed by atoms with Crippen molar-refractivity contribution in [3.05, 3.63) is 0 Å². The van der Waals surface area contributed by atoms with Crippen LogP contribution in [-0.2, 0) is 4.79 Å². The lowest BCUT2D eigenvalue weighted by atomic mass is 9.65. The average molecular weight is 425 g/mol. The maximum absolute atomic E-state index is 12.8. The second-order valence-corrected chi connectivity index (χ2v) is 9.83. The van der Waals surface area contributed by atoms with Gasteiger partial charge in [0.25, 0.3) is 0 Å². The zero-order chi connectivity index (χ0) is 22.5. The number of carbonyl (C=O) groups is 1. The predicted molar refractivity (Wildman–Crippen MR) is 133 cm³/mol. The van der Waals surface area contributed by atoms with Crippen molar-refractivity contribution in [3.63, 3.8) is 0 Å². The number of carboxylic acids is 1. The van der Waals surface area contributed by atoms with Crippen molar-refractivity contribution >= 4 is 5.97 Å². The standard InChI is InChI=1S/C28H56O2/c1-5-9-13-16-18-21-25-28(27(29)30,24-20-15-11-7-3)26(22-12-8-4)23-19-17-14-10-6-2/h26H,5-25H2,1-4H3,(H,29,30). The molecular weight excluding hydrogens is 368 g/mol. The van der Waals surface area contributed by atoms with Gasteiger partial charge in [0.15, 0.2) is 0 Å². The molecule has 0 aromatic rings. The molecule has 0 radical (unpaired) electrons. The summed E-state index contributed by atoms with van der Waals surface area (Å²) in [5, 5.41) is 10.5. The van der Waals surface area contributed by atoms with Crippen molar-refractivity contribution in [1.82, 2.24) is 0 Å². The number of hydrogen-bond donors (Lipinski definition) is 1. The van der Waals surface area contributed by atoms with Crippen molar-refractivity contribution in [3.8, 4) is 0 Å². The Bertz CT molecular complexity index is 379. The molecule has 0 aliphatic carbocycles. The summed E-state index contributed by atoms with van der Waals surface area (Å²) >= 11 is 0. The highest BCUT2D eigenvalue weighted by atomic mass is 16.4. The molecule has 0 aromatic carbocycles. The van der Waals surface area contributed by atoms with Gasteiger partial charge in [-0.05, 0) is 31.6 Å². The molecule has 0 fully saturated rings. The Kier molecular flexibility index (Phi) is 20.0. The van der Waals surface area contributed by atoms with E-state index in [1.54, 1.807) is 0 Å². The molecule has 2 atom stereocenters. The van der Waals surface area contributed by atoms with Crippen LogP contribution in [0.15, 0.2) is 0 Å². The highest BCUT2D eigenvalue weighted by molar-refractivity contribution is 5.75. The van der Waals surface area contributed by atoms with Crippen LogP contribution in [0.1, 0.15) is 163 Å². The van der Waals surface area contributed by atoms with Crippen LogP contribution in [0.3, 0.4) is 0 Å². The first-order chi connectivity index (χ1) is 14.6. The molecule has 0 bridgehead atoms. The third-order valence-corrected chi connectivity index (χ3v) is 7.22. The van der Waals surface area contributed by atoms with Crippen molar-refractivity contribution in [2.45, 2.75) is 163 Å². The van der Waals surface area contributed by atoms with Crippen LogP contribution in [0.4, 0.5) is 0 Å². The Balaban J connectivity index is 5.17. The fourth-order valence-electron chi connectivity index (χ4n) is 5.15. The van der Waals surface area contributed by atoms with Crippen LogP contribution in [-0.4, -0.2) is 11.1 Å². The molecule has 180 valence electrons. The van der Waals surface area contributed by atoms with Crippen LogP contribution < -0.4 is 0 Å². The van der Waals surface area contributed by atoms with Gasteiger partial charge in [-0.1, -0.05) is 137 Å². The average Bonchev–Trinajstić information content (AvgIpc) is 2.74. The summed E-state index contributed by atoms with van der Waals surface area (Å²) in [6, 6.07) is 0. The van der Waals surface area contributed by atoms with E-state index in [-0.39, 0.29) is 0 Å². The van der Waals surface area contributed by atoms with Crippen LogP contribution in [0.5, 0.6) is 0 Å². The molecule has 0 spiro atoms. The molecule has 2 nitrogen and oxygen atoms in total. The first kappa shape index (κ1) is 29.5. The van der Waals surface area contributed by atoms with Gasteiger partial charge < -0.3 is 5.11 Å². The minimum absolute atomic E-state index is 0.369. The predicted octanol–water partition coefficient (Wildman–Crippen LogP) is 9.95. The minimum Gasteiger partial charge on any atom is -0.481 e. The van der Waals surface area contributed by atoms with Gasteiger partial charge in [-0.2, -0.15) is 0 Å². The summed E-state index contributed by atoms with van der Waals surface area (Å²) in [5.74, 6) is -0.115. The topological polar surface area (TPSA) is 37.3 Å². The molecule has 0 aliphatic heterocycles. The molecule has 0 saturated heterocycles. The van der Waals surface area contributed by atoms with E-state index in [1.807, 2.05) is 0 Å². The normalized spacial score (nSPS) is 14.5. The Morgan fingerprint density at radius 3 is 1.40 bits per heavy atom. The second kappa shape index (κ2) is 20.4. The first-order valence-corrected chi connectivity index (χ1v) is 13.8. The maximum Gasteiger partial charge on any atom is 0.309 e. The molecule has 0 aromatic heterocycles. The number of unbranched alkanes of at least 4 members (excludes halogenated alkanes) is 13. The zero-order valence-corrected chi connectivity index (χ0v) is 21.3. The summed E-state index contributed by atoms with van der Waals surface area (Å²) in [6.07, 6.45) is 25.0. The number of rotatable bonds is 23. The van der Waals surface area contributed by atoms with Gasteiger partial charge in [-0.15, -0.1) is 0 Å². The lowest BCUT2D eigenvalue weighted by Gasteiger charge is -2.38. The van der Waals surface area contributed by atoms with E-state index in [4.69, 9.17) is 0 Å². The van der Waals surface area contributed by atoms with E-state index >= 15 is 0 Å². The lowest BCUT2D eigenvalue weighted by molar-refractivity contribution is -0.155. The van der Waals surface area contributed by atoms with Crippen LogP contribution in [0.25, 0.3) is 0 Å². The molecule has 2 heteroatoms. The number of aliphatic carboxylic acids is 1. The minimum atomic E-state index is -0.484. The Labute approximate surface area is 190 Å². The van der Waals surface area contributed by atoms with E-state index in [0.29, 0.717) is 5.92 Å². The summed E-state index contributed by atoms with van der Waals surface area (Å²) < 4.78 is 0. The van der Waals surface area contributed by atoms with Crippen molar-refractivity contribution in [2.75, 3.05) is 0 Å². The van der Waals surface area contributed by atoms with Crippen LogP contribution >= 0.6 is 0 Å². The van der Waals surface area contributed by atoms with Crippen molar-refractivity contribution in [2.24, 2.45) is 11.3 Å². The molecule has 2 unspecified atom stereocenters. The summed E-state index contributed by atoms with van der Waals surface area (Å²) in [6.45, 7) is 9.00. The lowest BCUT2D eigenvalue weighted by Crippen LogP contribution is -2.39. The van der Waals surface area contributed by atoms with E-state index in [1.165, 1.54) is 96.3 Å². The molecule has 1 N–H and O–H groups in total. The Morgan fingerprint density at radius 1 is 0.567 bits per heavy atom. The summed E-state index contributed by atoms with van der Waals surface area (Å²) in [4.78, 5) is 12.8. The summed E-state index contributed by atoms with van der Waals surface area (Å²) in [5.41, 5.74) is -0.474. The van der Waals surface area contributed by atoms with Crippen LogP contribution in [0.2, 0.25) is 0 Å². The highest BCUT2D eigenvalue weighted by Gasteiger charge is 2.43. The van der Waals surface area contributed by atoms with E-state index in [2.05, 4.69) is 27.7 Å². The second-order valence-electron chi connectivity index (χ2n) is 9.83. The van der Waals surface area contributed by atoms with Gasteiger partial charge in [0, 0.05) is 0 Å². The molecule has 30 heavy (non-hydrogen) atoms. The molecule has 0 rings (SSSR count). The smallest absolute Gasteiger partial charge is 0.309 e. The molecule has 0 aliphatic rings. The quantitative estimate of drug-likeness (QED) is 0.166. The van der Waals surface area contributed by atoms with Crippen molar-refractivity contribution < 1.29 is 9.90 Å². The third kappa shape index (κ3) is 13.0. The van der Waals surface area contributed by atoms with Gasteiger partial charge in [-0.3, -0.25) is 4.79 Å². The zero-order valence-electron chi connectivity index (χ0n) is 21.3. The molecular formula is C28H56O2. The van der Waals surface area contributed by atoms with Gasteiger partial charge >= 0.3 is 5.97 Å². The fraction of sp³-hybridized carbons (Fsp3) is 0.964.